The van der Waals surface area contributed by atoms with Crippen molar-refractivity contribution >= 4 is 17.6 Å². The Kier molecular flexibility index (Phi) is 3.23. The Morgan fingerprint density at radius 3 is 2.58 bits per heavy atom. The summed E-state index contributed by atoms with van der Waals surface area (Å²) >= 11 is 5.79. The van der Waals surface area contributed by atoms with Crippen LogP contribution in [0.3, 0.4) is 0 Å². The van der Waals surface area contributed by atoms with Crippen LogP contribution in [0.5, 0.6) is 0 Å². The smallest absolute Gasteiger partial charge is 0.416 e. The van der Waals surface area contributed by atoms with Crippen molar-refractivity contribution in [2.75, 3.05) is 0 Å². The van der Waals surface area contributed by atoms with Crippen LogP contribution in [0.15, 0.2) is 30.6 Å². The minimum absolute atomic E-state index is 0.0352. The van der Waals surface area contributed by atoms with E-state index < -0.39 is 17.7 Å². The molecule has 1 heterocycles. The molecule has 2 aromatic rings. The van der Waals surface area contributed by atoms with E-state index in [1.165, 1.54) is 0 Å². The molecule has 4 nitrogen and oxygen atoms in total. The SMILES string of the molecule is O=C(O)c1cnn(-c2cc(C(F)(F)F)ccc2Cl)c1. The number of nitrogens with zero attached hydrogens (tertiary/aromatic N) is 2. The van der Waals surface area contributed by atoms with Gasteiger partial charge in [0, 0.05) is 6.20 Å². The zero-order valence-electron chi connectivity index (χ0n) is 9.15. The summed E-state index contributed by atoms with van der Waals surface area (Å²) in [5, 5.41) is 12.4. The maximum absolute atomic E-state index is 12.6. The number of aromatic carboxylic acids is 1. The Hall–Kier alpha value is -2.02. The van der Waals surface area contributed by atoms with Gasteiger partial charge in [-0.3, -0.25) is 0 Å². The maximum atomic E-state index is 12.6. The minimum atomic E-state index is -4.51. The lowest BCUT2D eigenvalue weighted by Crippen LogP contribution is -2.06. The minimum Gasteiger partial charge on any atom is -0.478 e. The number of rotatable bonds is 2. The number of aromatic nitrogens is 2. The summed E-state index contributed by atoms with van der Waals surface area (Å²) in [6, 6.07) is 2.73. The van der Waals surface area contributed by atoms with Crippen LogP contribution in [0, 0.1) is 0 Å². The van der Waals surface area contributed by atoms with Crippen LogP contribution in [0.25, 0.3) is 5.69 Å². The van der Waals surface area contributed by atoms with E-state index in [0.29, 0.717) is 0 Å². The molecule has 0 fully saturated rings. The van der Waals surface area contributed by atoms with E-state index in [0.717, 1.165) is 35.3 Å². The standard InChI is InChI=1S/C11H6ClF3N2O2/c12-8-2-1-7(11(13,14)15)3-9(8)17-5-6(4-16-17)10(18)19/h1-5H,(H,18,19). The lowest BCUT2D eigenvalue weighted by Gasteiger charge is -2.10. The molecule has 0 amide bonds. The zero-order chi connectivity index (χ0) is 14.2. The first kappa shape index (κ1) is 13.4. The number of alkyl halides is 3. The summed E-state index contributed by atoms with van der Waals surface area (Å²) in [5.74, 6) is -1.23. The Morgan fingerprint density at radius 2 is 2.05 bits per heavy atom. The molecule has 0 aliphatic rings. The molecular weight excluding hydrogens is 285 g/mol. The summed E-state index contributed by atoms with van der Waals surface area (Å²) in [4.78, 5) is 10.7. The van der Waals surface area contributed by atoms with Crippen molar-refractivity contribution in [1.82, 2.24) is 9.78 Å². The molecule has 0 saturated carbocycles. The molecule has 0 saturated heterocycles. The largest absolute Gasteiger partial charge is 0.478 e. The van der Waals surface area contributed by atoms with Crippen LogP contribution in [-0.4, -0.2) is 20.9 Å². The summed E-state index contributed by atoms with van der Waals surface area (Å²) in [5.41, 5.74) is -1.07. The van der Waals surface area contributed by atoms with Crippen LogP contribution in [0.1, 0.15) is 15.9 Å². The van der Waals surface area contributed by atoms with E-state index in [9.17, 15) is 18.0 Å². The molecule has 1 aromatic heterocycles. The fraction of sp³-hybridized carbons (Fsp3) is 0.0909. The molecule has 100 valence electrons. The van der Waals surface area contributed by atoms with E-state index >= 15 is 0 Å². The van der Waals surface area contributed by atoms with Gasteiger partial charge in [-0.05, 0) is 18.2 Å². The van der Waals surface area contributed by atoms with Gasteiger partial charge in [-0.15, -0.1) is 0 Å². The van der Waals surface area contributed by atoms with Crippen molar-refractivity contribution < 1.29 is 23.1 Å². The molecule has 0 atom stereocenters. The first-order valence-corrected chi connectivity index (χ1v) is 5.32. The molecule has 0 aliphatic carbocycles. The number of halogens is 4. The number of carbonyl (C=O) groups is 1. The number of hydrogen-bond donors (Lipinski definition) is 1. The van der Waals surface area contributed by atoms with Gasteiger partial charge in [0.15, 0.2) is 0 Å². The number of carboxylic acids is 1. The van der Waals surface area contributed by atoms with Gasteiger partial charge < -0.3 is 5.11 Å². The second-order valence-electron chi connectivity index (χ2n) is 3.64. The third-order valence-electron chi connectivity index (χ3n) is 2.35. The summed E-state index contributed by atoms with van der Waals surface area (Å²) < 4.78 is 38.7. The summed E-state index contributed by atoms with van der Waals surface area (Å²) in [6.45, 7) is 0. The van der Waals surface area contributed by atoms with Crippen LogP contribution < -0.4 is 0 Å². The van der Waals surface area contributed by atoms with Crippen LogP contribution >= 0.6 is 11.6 Å². The van der Waals surface area contributed by atoms with Crippen molar-refractivity contribution in [3.05, 3.63) is 46.7 Å². The molecule has 0 unspecified atom stereocenters. The van der Waals surface area contributed by atoms with E-state index in [-0.39, 0.29) is 16.3 Å². The Labute approximate surface area is 110 Å². The normalized spacial score (nSPS) is 11.6. The number of hydrogen-bond acceptors (Lipinski definition) is 2. The van der Waals surface area contributed by atoms with Gasteiger partial charge in [0.2, 0.25) is 0 Å². The number of benzene rings is 1. The molecule has 2 rings (SSSR count). The predicted octanol–water partition coefficient (Wildman–Crippen LogP) is 3.24. The second kappa shape index (κ2) is 4.58. The molecule has 0 spiro atoms. The van der Waals surface area contributed by atoms with Crippen molar-refractivity contribution in [2.24, 2.45) is 0 Å². The fourth-order valence-electron chi connectivity index (χ4n) is 1.43. The van der Waals surface area contributed by atoms with E-state index in [1.807, 2.05) is 0 Å². The van der Waals surface area contributed by atoms with Gasteiger partial charge >= 0.3 is 12.1 Å². The Bertz CT molecular complexity index is 637. The van der Waals surface area contributed by atoms with Crippen LogP contribution in [0.2, 0.25) is 5.02 Å². The average Bonchev–Trinajstić information content (AvgIpc) is 2.77. The lowest BCUT2D eigenvalue weighted by atomic mass is 10.2. The second-order valence-corrected chi connectivity index (χ2v) is 4.05. The molecule has 19 heavy (non-hydrogen) atoms. The molecule has 0 aliphatic heterocycles. The van der Waals surface area contributed by atoms with E-state index in [1.54, 1.807) is 0 Å². The summed E-state index contributed by atoms with van der Waals surface area (Å²) in [7, 11) is 0. The molecule has 0 radical (unpaired) electrons. The fourth-order valence-corrected chi connectivity index (χ4v) is 1.63. The van der Waals surface area contributed by atoms with Crippen molar-refractivity contribution in [1.29, 1.82) is 0 Å². The first-order chi connectivity index (χ1) is 8.79. The van der Waals surface area contributed by atoms with Gasteiger partial charge in [-0.2, -0.15) is 18.3 Å². The quantitative estimate of drug-likeness (QED) is 0.924. The third-order valence-corrected chi connectivity index (χ3v) is 2.67. The van der Waals surface area contributed by atoms with Gasteiger partial charge in [0.05, 0.1) is 28.0 Å². The van der Waals surface area contributed by atoms with Gasteiger partial charge in [-0.1, -0.05) is 11.6 Å². The van der Waals surface area contributed by atoms with Crippen molar-refractivity contribution in [2.45, 2.75) is 6.18 Å². The monoisotopic (exact) mass is 290 g/mol. The maximum Gasteiger partial charge on any atom is 0.416 e. The van der Waals surface area contributed by atoms with Gasteiger partial charge in [-0.25, -0.2) is 9.48 Å². The third kappa shape index (κ3) is 2.70. The Morgan fingerprint density at radius 1 is 1.37 bits per heavy atom. The van der Waals surface area contributed by atoms with Gasteiger partial charge in [0.25, 0.3) is 0 Å². The average molecular weight is 291 g/mol. The molecular formula is C11H6ClF3N2O2. The molecule has 0 bridgehead atoms. The van der Waals surface area contributed by atoms with Crippen molar-refractivity contribution in [3.63, 3.8) is 0 Å². The number of carboxylic acid groups (broad SMARTS) is 1. The highest BCUT2D eigenvalue weighted by atomic mass is 35.5. The highest BCUT2D eigenvalue weighted by Gasteiger charge is 2.31. The summed E-state index contributed by atoms with van der Waals surface area (Å²) in [6.07, 6.45) is -2.40. The molecule has 1 aromatic carbocycles. The van der Waals surface area contributed by atoms with E-state index in [4.69, 9.17) is 16.7 Å². The van der Waals surface area contributed by atoms with Gasteiger partial charge in [0.1, 0.15) is 0 Å². The topological polar surface area (TPSA) is 55.1 Å². The van der Waals surface area contributed by atoms with Crippen LogP contribution in [-0.2, 0) is 6.18 Å². The zero-order valence-corrected chi connectivity index (χ0v) is 9.90. The molecule has 1 N–H and O–H groups in total. The van der Waals surface area contributed by atoms with Crippen molar-refractivity contribution in [3.8, 4) is 5.69 Å². The Balaban J connectivity index is 2.51. The lowest BCUT2D eigenvalue weighted by molar-refractivity contribution is -0.137. The highest BCUT2D eigenvalue weighted by molar-refractivity contribution is 6.32. The van der Waals surface area contributed by atoms with E-state index in [2.05, 4.69) is 5.10 Å². The van der Waals surface area contributed by atoms with Crippen LogP contribution in [0.4, 0.5) is 13.2 Å². The highest BCUT2D eigenvalue weighted by Crippen LogP contribution is 2.32. The first-order valence-electron chi connectivity index (χ1n) is 4.94. The predicted molar refractivity (Wildman–Crippen MR) is 60.5 cm³/mol. The molecule has 8 heteroatoms.